The average molecular weight is 275 g/mol. The quantitative estimate of drug-likeness (QED) is 0.756. The minimum absolute atomic E-state index is 0.246. The molecular formula is C15H21N3O2. The molecule has 0 atom stereocenters. The van der Waals surface area contributed by atoms with E-state index >= 15 is 0 Å². The van der Waals surface area contributed by atoms with Crippen LogP contribution >= 0.6 is 0 Å². The van der Waals surface area contributed by atoms with Crippen LogP contribution in [0.5, 0.6) is 5.75 Å². The highest BCUT2D eigenvalue weighted by Gasteiger charge is 2.02. The van der Waals surface area contributed by atoms with Gasteiger partial charge >= 0.3 is 0 Å². The zero-order chi connectivity index (χ0) is 14.4. The first-order valence-electron chi connectivity index (χ1n) is 6.71. The summed E-state index contributed by atoms with van der Waals surface area (Å²) in [6, 6.07) is 7.20. The lowest BCUT2D eigenvalue weighted by Gasteiger charge is -2.11. The summed E-state index contributed by atoms with van der Waals surface area (Å²) in [5.74, 6) is 1.02. The third kappa shape index (κ3) is 4.08. The number of anilines is 1. The van der Waals surface area contributed by atoms with E-state index in [1.165, 1.54) is 0 Å². The summed E-state index contributed by atoms with van der Waals surface area (Å²) >= 11 is 0. The molecule has 5 heteroatoms. The molecule has 1 aromatic heterocycles. The number of aromatic nitrogens is 1. The van der Waals surface area contributed by atoms with Gasteiger partial charge in [-0.05, 0) is 37.7 Å². The Morgan fingerprint density at radius 3 is 2.90 bits per heavy atom. The molecule has 0 amide bonds. The van der Waals surface area contributed by atoms with E-state index in [2.05, 4.69) is 15.2 Å². The van der Waals surface area contributed by atoms with Crippen molar-refractivity contribution in [1.82, 2.24) is 9.88 Å². The van der Waals surface area contributed by atoms with E-state index in [1.54, 1.807) is 18.3 Å². The van der Waals surface area contributed by atoms with Gasteiger partial charge in [-0.1, -0.05) is 6.07 Å². The topological polar surface area (TPSA) is 57.6 Å². The van der Waals surface area contributed by atoms with E-state index in [9.17, 15) is 5.11 Å². The van der Waals surface area contributed by atoms with Crippen molar-refractivity contribution in [2.45, 2.75) is 0 Å². The van der Waals surface area contributed by atoms with Crippen LogP contribution in [0.1, 0.15) is 0 Å². The third-order valence-corrected chi connectivity index (χ3v) is 2.97. The molecule has 0 saturated heterocycles. The number of ether oxygens (including phenoxy) is 1. The van der Waals surface area contributed by atoms with Gasteiger partial charge in [0.25, 0.3) is 0 Å². The molecule has 2 rings (SSSR count). The molecule has 0 aliphatic carbocycles. The van der Waals surface area contributed by atoms with Crippen LogP contribution in [0.2, 0.25) is 0 Å². The number of nitrogens with one attached hydrogen (secondary N) is 1. The zero-order valence-corrected chi connectivity index (χ0v) is 12.0. The van der Waals surface area contributed by atoms with Gasteiger partial charge in [-0.2, -0.15) is 0 Å². The van der Waals surface area contributed by atoms with E-state index in [-0.39, 0.29) is 5.75 Å². The number of hydrogen-bond acceptors (Lipinski definition) is 5. The molecule has 0 unspecified atom stereocenters. The molecule has 1 aromatic carbocycles. The standard InChI is InChI=1S/C15H21N3O2/c1-18(2)8-10-20-9-7-17-15-14-11-13(19)4-3-12(14)5-6-16-15/h3-6,11,19H,7-10H2,1-2H3,(H,16,17). The first-order valence-corrected chi connectivity index (χ1v) is 6.71. The van der Waals surface area contributed by atoms with Crippen LogP contribution in [0.4, 0.5) is 5.82 Å². The summed E-state index contributed by atoms with van der Waals surface area (Å²) in [4.78, 5) is 6.39. The molecule has 0 radical (unpaired) electrons. The van der Waals surface area contributed by atoms with Gasteiger partial charge in [0.1, 0.15) is 11.6 Å². The second-order valence-corrected chi connectivity index (χ2v) is 4.91. The molecule has 0 bridgehead atoms. The van der Waals surface area contributed by atoms with Crippen molar-refractivity contribution in [1.29, 1.82) is 0 Å². The minimum atomic E-state index is 0.246. The number of nitrogens with zero attached hydrogens (tertiary/aromatic N) is 2. The van der Waals surface area contributed by atoms with Gasteiger partial charge in [0, 0.05) is 24.7 Å². The summed E-state index contributed by atoms with van der Waals surface area (Å²) in [5, 5.41) is 14.8. The lowest BCUT2D eigenvalue weighted by Crippen LogP contribution is -2.20. The highest BCUT2D eigenvalue weighted by Crippen LogP contribution is 2.24. The monoisotopic (exact) mass is 275 g/mol. The summed E-state index contributed by atoms with van der Waals surface area (Å²) in [6.07, 6.45) is 1.76. The molecular weight excluding hydrogens is 254 g/mol. The normalized spacial score (nSPS) is 11.2. The summed E-state index contributed by atoms with van der Waals surface area (Å²) in [7, 11) is 4.04. The fourth-order valence-electron chi connectivity index (χ4n) is 1.89. The van der Waals surface area contributed by atoms with E-state index in [0.717, 1.165) is 29.7 Å². The van der Waals surface area contributed by atoms with E-state index in [4.69, 9.17) is 4.74 Å². The van der Waals surface area contributed by atoms with Crippen molar-refractivity contribution >= 4 is 16.6 Å². The predicted octanol–water partition coefficient (Wildman–Crippen LogP) is 1.93. The molecule has 20 heavy (non-hydrogen) atoms. The average Bonchev–Trinajstić information content (AvgIpc) is 2.42. The highest BCUT2D eigenvalue weighted by atomic mass is 16.5. The maximum absolute atomic E-state index is 9.56. The van der Waals surface area contributed by atoms with Crippen LogP contribution in [0.3, 0.4) is 0 Å². The minimum Gasteiger partial charge on any atom is -0.508 e. The van der Waals surface area contributed by atoms with Crippen molar-refractivity contribution in [2.24, 2.45) is 0 Å². The van der Waals surface area contributed by atoms with Gasteiger partial charge in [0.15, 0.2) is 0 Å². The second kappa shape index (κ2) is 7.07. The first-order chi connectivity index (χ1) is 9.66. The van der Waals surface area contributed by atoms with E-state index in [0.29, 0.717) is 13.2 Å². The second-order valence-electron chi connectivity index (χ2n) is 4.91. The Morgan fingerprint density at radius 1 is 1.25 bits per heavy atom. The number of fused-ring (bicyclic) bond motifs is 1. The van der Waals surface area contributed by atoms with Gasteiger partial charge in [-0.3, -0.25) is 0 Å². The van der Waals surface area contributed by atoms with E-state index in [1.807, 2.05) is 26.2 Å². The Balaban J connectivity index is 1.88. The molecule has 0 spiro atoms. The first kappa shape index (κ1) is 14.6. The summed E-state index contributed by atoms with van der Waals surface area (Å²) in [6.45, 7) is 2.96. The largest absolute Gasteiger partial charge is 0.508 e. The van der Waals surface area contributed by atoms with Crippen molar-refractivity contribution < 1.29 is 9.84 Å². The number of phenols is 1. The Hall–Kier alpha value is -1.85. The summed E-state index contributed by atoms with van der Waals surface area (Å²) < 4.78 is 5.52. The van der Waals surface area contributed by atoms with Crippen molar-refractivity contribution in [2.75, 3.05) is 45.7 Å². The highest BCUT2D eigenvalue weighted by molar-refractivity contribution is 5.92. The lowest BCUT2D eigenvalue weighted by molar-refractivity contribution is 0.126. The maximum atomic E-state index is 9.56. The molecule has 2 N–H and O–H groups in total. The molecule has 2 aromatic rings. The Kier molecular flexibility index (Phi) is 5.15. The van der Waals surface area contributed by atoms with Gasteiger partial charge in [-0.15, -0.1) is 0 Å². The Morgan fingerprint density at radius 2 is 2.10 bits per heavy atom. The van der Waals surface area contributed by atoms with E-state index < -0.39 is 0 Å². The Labute approximate surface area is 119 Å². The van der Waals surface area contributed by atoms with Crippen LogP contribution in [0.25, 0.3) is 10.8 Å². The predicted molar refractivity (Wildman–Crippen MR) is 81.3 cm³/mol. The van der Waals surface area contributed by atoms with Gasteiger partial charge in [0.05, 0.1) is 13.2 Å². The number of rotatable bonds is 7. The summed E-state index contributed by atoms with van der Waals surface area (Å²) in [5.41, 5.74) is 0. The van der Waals surface area contributed by atoms with Crippen LogP contribution in [-0.2, 0) is 4.74 Å². The van der Waals surface area contributed by atoms with Crippen LogP contribution in [0, 0.1) is 0 Å². The van der Waals surface area contributed by atoms with Crippen molar-refractivity contribution in [3.8, 4) is 5.75 Å². The molecule has 0 fully saturated rings. The van der Waals surface area contributed by atoms with Crippen molar-refractivity contribution in [3.05, 3.63) is 30.5 Å². The van der Waals surface area contributed by atoms with Gasteiger partial charge < -0.3 is 20.1 Å². The smallest absolute Gasteiger partial charge is 0.134 e. The number of benzene rings is 1. The number of hydrogen-bond donors (Lipinski definition) is 2. The fraction of sp³-hybridized carbons (Fsp3) is 0.400. The van der Waals surface area contributed by atoms with Crippen molar-refractivity contribution in [3.63, 3.8) is 0 Å². The molecule has 1 heterocycles. The molecule has 0 saturated carbocycles. The molecule has 5 nitrogen and oxygen atoms in total. The van der Waals surface area contributed by atoms with Crippen LogP contribution in [-0.4, -0.2) is 55.4 Å². The fourth-order valence-corrected chi connectivity index (χ4v) is 1.89. The number of pyridine rings is 1. The molecule has 0 aliphatic heterocycles. The maximum Gasteiger partial charge on any atom is 0.134 e. The number of phenolic OH excluding ortho intramolecular Hbond substituents is 1. The number of likely N-dealkylation sites (N-methyl/N-ethyl adjacent to an activating group) is 1. The van der Waals surface area contributed by atoms with Gasteiger partial charge in [-0.25, -0.2) is 4.98 Å². The van der Waals surface area contributed by atoms with Gasteiger partial charge in [0.2, 0.25) is 0 Å². The Bertz CT molecular complexity index is 558. The lowest BCUT2D eigenvalue weighted by atomic mass is 10.1. The van der Waals surface area contributed by atoms with Crippen LogP contribution < -0.4 is 5.32 Å². The third-order valence-electron chi connectivity index (χ3n) is 2.97. The zero-order valence-electron chi connectivity index (χ0n) is 12.0. The van der Waals surface area contributed by atoms with Crippen LogP contribution in [0.15, 0.2) is 30.5 Å². The molecule has 0 aliphatic rings. The SMILES string of the molecule is CN(C)CCOCCNc1nccc2ccc(O)cc12. The number of aromatic hydroxyl groups is 1. The molecule has 108 valence electrons.